The molecule has 6 unspecified atom stereocenters. The van der Waals surface area contributed by atoms with Crippen molar-refractivity contribution in [2.45, 2.75) is 55.5 Å². The number of hydrogen-bond donors (Lipinski definition) is 5. The molecule has 1 rings (SSSR count). The monoisotopic (exact) mass is 451 g/mol. The Morgan fingerprint density at radius 1 is 1.19 bits per heavy atom. The first-order valence-corrected chi connectivity index (χ1v) is 12.0. The summed E-state index contributed by atoms with van der Waals surface area (Å²) in [7, 11) is -5.75. The van der Waals surface area contributed by atoms with Crippen molar-refractivity contribution in [2.75, 3.05) is 18.6 Å². The smallest absolute Gasteiger partial charge is 0.394 e. The van der Waals surface area contributed by atoms with Gasteiger partial charge in [-0.05, 0) is 19.3 Å². The summed E-state index contributed by atoms with van der Waals surface area (Å²) in [6.45, 7) is -0.607. The lowest BCUT2D eigenvalue weighted by atomic mass is 10.0. The average molecular weight is 452 g/mol. The van der Waals surface area contributed by atoms with Crippen LogP contribution < -0.4 is 0 Å². The first-order valence-electron chi connectivity index (χ1n) is 8.05. The highest BCUT2D eigenvalue weighted by molar-refractivity contribution is 8.14. The third kappa shape index (κ3) is 9.15. The van der Waals surface area contributed by atoms with Crippen molar-refractivity contribution < 1.29 is 46.6 Å². The van der Waals surface area contributed by atoms with E-state index in [-0.39, 0.29) is 11.5 Å². The number of thioether (sulfide) groups is 1. The minimum atomic E-state index is -4.83. The SMILES string of the molecule is CS(=O)CCCCCC(=NOS(=O)(=O)O)SC1OC(CO)C(O)C(O)C1O. The molecule has 0 aliphatic carbocycles. The molecule has 11 nitrogen and oxygen atoms in total. The molecule has 0 amide bonds. The van der Waals surface area contributed by atoms with Gasteiger partial charge in [-0.25, -0.2) is 4.28 Å². The number of aliphatic hydroxyl groups is 4. The Morgan fingerprint density at radius 2 is 1.85 bits per heavy atom. The second kappa shape index (κ2) is 11.6. The molecule has 6 atom stereocenters. The predicted molar refractivity (Wildman–Crippen MR) is 98.8 cm³/mol. The molecule has 160 valence electrons. The lowest BCUT2D eigenvalue weighted by molar-refractivity contribution is -0.205. The van der Waals surface area contributed by atoms with Crippen LogP contribution >= 0.6 is 11.8 Å². The maximum Gasteiger partial charge on any atom is 0.466 e. The number of oxime groups is 1. The summed E-state index contributed by atoms with van der Waals surface area (Å²) >= 11 is 0.739. The third-order valence-corrected chi connectivity index (χ3v) is 5.96. The molecule has 0 bridgehead atoms. The van der Waals surface area contributed by atoms with E-state index in [0.717, 1.165) is 11.8 Å². The molecule has 0 aromatic carbocycles. The van der Waals surface area contributed by atoms with Gasteiger partial charge < -0.3 is 25.2 Å². The van der Waals surface area contributed by atoms with Gasteiger partial charge in [0, 0.05) is 22.8 Å². The van der Waals surface area contributed by atoms with Crippen LogP contribution in [0.3, 0.4) is 0 Å². The van der Waals surface area contributed by atoms with Crippen LogP contribution in [0.1, 0.15) is 25.7 Å². The Kier molecular flexibility index (Phi) is 10.6. The zero-order valence-electron chi connectivity index (χ0n) is 14.6. The second-order valence-electron chi connectivity index (χ2n) is 5.89. The quantitative estimate of drug-likeness (QED) is 0.0864. The van der Waals surface area contributed by atoms with Crippen molar-refractivity contribution in [3.63, 3.8) is 0 Å². The van der Waals surface area contributed by atoms with E-state index in [1.54, 1.807) is 6.26 Å². The van der Waals surface area contributed by atoms with E-state index in [1.807, 2.05) is 0 Å². The van der Waals surface area contributed by atoms with E-state index in [4.69, 9.17) is 9.29 Å². The third-order valence-electron chi connectivity index (χ3n) is 3.66. The van der Waals surface area contributed by atoms with E-state index >= 15 is 0 Å². The van der Waals surface area contributed by atoms with Crippen molar-refractivity contribution in [2.24, 2.45) is 5.16 Å². The molecule has 1 saturated heterocycles. The molecule has 14 heteroatoms. The predicted octanol–water partition coefficient (Wildman–Crippen LogP) is -1.41. The van der Waals surface area contributed by atoms with Gasteiger partial charge >= 0.3 is 10.4 Å². The van der Waals surface area contributed by atoms with Crippen LogP contribution in [0.25, 0.3) is 0 Å². The molecule has 1 aliphatic heterocycles. The fraction of sp³-hybridized carbons (Fsp3) is 0.923. The van der Waals surface area contributed by atoms with E-state index in [2.05, 4.69) is 9.44 Å². The molecule has 5 N–H and O–H groups in total. The Morgan fingerprint density at radius 3 is 2.41 bits per heavy atom. The molecule has 27 heavy (non-hydrogen) atoms. The van der Waals surface area contributed by atoms with E-state index in [0.29, 0.717) is 25.0 Å². The lowest BCUT2D eigenvalue weighted by Crippen LogP contribution is -2.57. The highest BCUT2D eigenvalue weighted by atomic mass is 32.3. The van der Waals surface area contributed by atoms with Gasteiger partial charge in [0.25, 0.3) is 0 Å². The van der Waals surface area contributed by atoms with Crippen LogP contribution in [-0.4, -0.2) is 91.1 Å². The summed E-state index contributed by atoms with van der Waals surface area (Å²) in [5.41, 5.74) is -1.16. The molecule has 1 fully saturated rings. The number of nitrogens with zero attached hydrogens (tertiary/aromatic N) is 1. The molecular weight excluding hydrogens is 426 g/mol. The minimum absolute atomic E-state index is 0.0505. The zero-order valence-corrected chi connectivity index (χ0v) is 17.0. The topological polar surface area (TPSA) is 183 Å². The summed E-state index contributed by atoms with van der Waals surface area (Å²) in [6, 6.07) is 0. The lowest BCUT2D eigenvalue weighted by Gasteiger charge is -2.39. The maximum atomic E-state index is 11.0. The van der Waals surface area contributed by atoms with Gasteiger partial charge in [0.1, 0.15) is 34.9 Å². The normalized spacial score (nSPS) is 30.9. The summed E-state index contributed by atoms with van der Waals surface area (Å²) < 4.78 is 50.5. The number of rotatable bonds is 10. The highest BCUT2D eigenvalue weighted by Crippen LogP contribution is 2.30. The first-order chi connectivity index (χ1) is 12.5. The fourth-order valence-electron chi connectivity index (χ4n) is 2.27. The molecule has 1 heterocycles. The number of aliphatic hydroxyl groups excluding tert-OH is 4. The number of ether oxygens (including phenoxy) is 1. The van der Waals surface area contributed by atoms with Gasteiger partial charge in [0.05, 0.1) is 6.61 Å². The van der Waals surface area contributed by atoms with Crippen LogP contribution in [0.4, 0.5) is 0 Å². The van der Waals surface area contributed by atoms with E-state index < -0.39 is 57.7 Å². The zero-order chi connectivity index (χ0) is 20.6. The summed E-state index contributed by atoms with van der Waals surface area (Å²) in [4.78, 5) is 0. The van der Waals surface area contributed by atoms with Gasteiger partial charge in [0.2, 0.25) is 0 Å². The van der Waals surface area contributed by atoms with Crippen molar-refractivity contribution in [1.29, 1.82) is 0 Å². The first kappa shape index (κ1) is 24.7. The van der Waals surface area contributed by atoms with Gasteiger partial charge in [-0.15, -0.1) is 0 Å². The van der Waals surface area contributed by atoms with Gasteiger partial charge in [0.15, 0.2) is 0 Å². The molecular formula is C13H25NO10S3. The van der Waals surface area contributed by atoms with E-state index in [9.17, 15) is 33.1 Å². The largest absolute Gasteiger partial charge is 0.466 e. The standard InChI is InChI=1S/C13H25NO10S3/c1-26(19)6-4-2-3-5-9(14-24-27(20,21)22)25-13-12(18)11(17)10(16)8(7-15)23-13/h8,10-13,15-18H,2-7H2,1H3,(H,20,21,22). The molecule has 1 aliphatic rings. The molecule has 0 aromatic heterocycles. The van der Waals surface area contributed by atoms with Crippen LogP contribution in [-0.2, 0) is 30.2 Å². The van der Waals surface area contributed by atoms with Crippen molar-refractivity contribution in [3.05, 3.63) is 0 Å². The Labute approximate surface area is 164 Å². The Bertz CT molecular complexity index is 611. The van der Waals surface area contributed by atoms with Gasteiger partial charge in [-0.3, -0.25) is 8.76 Å². The Hall–Kier alpha value is -0.320. The van der Waals surface area contributed by atoms with Crippen LogP contribution in [0.5, 0.6) is 0 Å². The molecule has 0 aromatic rings. The van der Waals surface area contributed by atoms with Crippen molar-refractivity contribution in [3.8, 4) is 0 Å². The summed E-state index contributed by atoms with van der Waals surface area (Å²) in [6.07, 6.45) is -2.11. The molecule has 0 saturated carbocycles. The summed E-state index contributed by atoms with van der Waals surface area (Å²) in [5, 5.41) is 42.2. The van der Waals surface area contributed by atoms with Crippen molar-refractivity contribution >= 4 is 38.0 Å². The van der Waals surface area contributed by atoms with Gasteiger partial charge in [-0.2, -0.15) is 8.42 Å². The average Bonchev–Trinajstić information content (AvgIpc) is 2.58. The number of unbranched alkanes of at least 4 members (excludes halogenated alkanes) is 2. The Balaban J connectivity index is 2.75. The maximum absolute atomic E-state index is 11.0. The summed E-state index contributed by atoms with van der Waals surface area (Å²) in [5.74, 6) is 0.522. The molecule has 0 spiro atoms. The van der Waals surface area contributed by atoms with Crippen LogP contribution in [0, 0.1) is 0 Å². The van der Waals surface area contributed by atoms with Gasteiger partial charge in [-0.1, -0.05) is 23.3 Å². The van der Waals surface area contributed by atoms with Crippen LogP contribution in [0.15, 0.2) is 5.16 Å². The van der Waals surface area contributed by atoms with E-state index in [1.165, 1.54) is 0 Å². The number of hydrogen-bond acceptors (Lipinski definition) is 11. The minimum Gasteiger partial charge on any atom is -0.394 e. The fourth-order valence-corrected chi connectivity index (χ4v) is 4.22. The highest BCUT2D eigenvalue weighted by Gasteiger charge is 2.44. The second-order valence-corrected chi connectivity index (χ2v) is 9.62. The molecule has 0 radical (unpaired) electrons. The van der Waals surface area contributed by atoms with Crippen molar-refractivity contribution in [1.82, 2.24) is 0 Å². The van der Waals surface area contributed by atoms with Crippen LogP contribution in [0.2, 0.25) is 0 Å².